The third-order valence-corrected chi connectivity index (χ3v) is 4.20. The number of carbonyl (C=O) groups excluding carboxylic acids is 1. The van der Waals surface area contributed by atoms with Crippen LogP contribution < -0.4 is 5.32 Å². The van der Waals surface area contributed by atoms with E-state index in [9.17, 15) is 14.4 Å². The molecule has 124 valence electrons. The molecule has 1 aromatic heterocycles. The van der Waals surface area contributed by atoms with Gasteiger partial charge in [-0.25, -0.2) is 4.39 Å². The molecule has 1 saturated carbocycles. The van der Waals surface area contributed by atoms with E-state index in [0.717, 1.165) is 12.8 Å². The Morgan fingerprint density at radius 3 is 2.88 bits per heavy atom. The molecule has 0 saturated heterocycles. The van der Waals surface area contributed by atoms with Gasteiger partial charge in [-0.3, -0.25) is 4.79 Å². The van der Waals surface area contributed by atoms with Crippen LogP contribution in [-0.2, 0) is 11.3 Å². The fourth-order valence-corrected chi connectivity index (χ4v) is 2.89. The largest absolute Gasteiger partial charge is 0.336 e. The van der Waals surface area contributed by atoms with Crippen LogP contribution in [0.15, 0.2) is 18.2 Å². The molecule has 1 aliphatic rings. The van der Waals surface area contributed by atoms with Crippen molar-refractivity contribution >= 4 is 5.91 Å². The fraction of sp³-hybridized carbons (Fsp3) is 0.438. The van der Waals surface area contributed by atoms with Gasteiger partial charge in [0.05, 0.1) is 6.07 Å². The molecule has 2 aromatic rings. The van der Waals surface area contributed by atoms with Crippen molar-refractivity contribution in [3.8, 4) is 17.5 Å². The Labute approximate surface area is 138 Å². The van der Waals surface area contributed by atoms with E-state index < -0.39 is 5.54 Å². The number of nitrogens with one attached hydrogen (secondary N) is 1. The zero-order chi connectivity index (χ0) is 17.2. The van der Waals surface area contributed by atoms with Gasteiger partial charge in [-0.15, -0.1) is 10.2 Å². The standard InChI is InChI=1S/C16H17FN6O/c1-11-8-12(4-5-13(11)17)15-20-22-23(21-15)9-14(24)19-16(10-18)6-2-3-7-16/h4-5,8H,2-3,6-7,9H2,1H3,(H,19,24). The number of tetrazole rings is 1. The average Bonchev–Trinajstić information content (AvgIpc) is 3.20. The summed E-state index contributed by atoms with van der Waals surface area (Å²) < 4.78 is 13.3. The van der Waals surface area contributed by atoms with Crippen LogP contribution in [-0.4, -0.2) is 31.7 Å². The average molecular weight is 328 g/mol. The van der Waals surface area contributed by atoms with Gasteiger partial charge >= 0.3 is 0 Å². The minimum absolute atomic E-state index is 0.114. The molecule has 1 fully saturated rings. The van der Waals surface area contributed by atoms with Crippen LogP contribution in [0.5, 0.6) is 0 Å². The summed E-state index contributed by atoms with van der Waals surface area (Å²) in [6.45, 7) is 1.54. The Kier molecular flexibility index (Phi) is 4.25. The summed E-state index contributed by atoms with van der Waals surface area (Å²) in [5.41, 5.74) is 0.345. The predicted molar refractivity (Wildman–Crippen MR) is 82.9 cm³/mol. The topological polar surface area (TPSA) is 96.5 Å². The van der Waals surface area contributed by atoms with Crippen molar-refractivity contribution in [2.75, 3.05) is 0 Å². The molecule has 1 aromatic carbocycles. The first-order valence-corrected chi connectivity index (χ1v) is 7.78. The van der Waals surface area contributed by atoms with E-state index in [1.807, 2.05) is 0 Å². The predicted octanol–water partition coefficient (Wildman–Crippen LogP) is 1.74. The van der Waals surface area contributed by atoms with Gasteiger partial charge in [0.1, 0.15) is 17.9 Å². The van der Waals surface area contributed by atoms with Gasteiger partial charge in [-0.1, -0.05) is 0 Å². The van der Waals surface area contributed by atoms with Crippen LogP contribution in [0.3, 0.4) is 0 Å². The second-order valence-electron chi connectivity index (χ2n) is 6.06. The SMILES string of the molecule is Cc1cc(-c2nnn(CC(=O)NC3(C#N)CCCC3)n2)ccc1F. The molecular weight excluding hydrogens is 311 g/mol. The second kappa shape index (κ2) is 6.35. The van der Waals surface area contributed by atoms with Crippen molar-refractivity contribution in [3.63, 3.8) is 0 Å². The number of carbonyl (C=O) groups is 1. The Morgan fingerprint density at radius 1 is 1.46 bits per heavy atom. The van der Waals surface area contributed by atoms with Gasteiger partial charge in [0.2, 0.25) is 11.7 Å². The Morgan fingerprint density at radius 2 is 2.21 bits per heavy atom. The normalized spacial score (nSPS) is 15.9. The number of amides is 1. The molecule has 0 aliphatic heterocycles. The zero-order valence-electron chi connectivity index (χ0n) is 13.3. The van der Waals surface area contributed by atoms with Crippen LogP contribution in [0.25, 0.3) is 11.4 Å². The number of rotatable bonds is 4. The lowest BCUT2D eigenvalue weighted by Gasteiger charge is -2.21. The molecule has 0 radical (unpaired) electrons. The summed E-state index contributed by atoms with van der Waals surface area (Å²) >= 11 is 0. The minimum atomic E-state index is -0.769. The van der Waals surface area contributed by atoms with Crippen molar-refractivity contribution in [3.05, 3.63) is 29.6 Å². The van der Waals surface area contributed by atoms with Gasteiger partial charge < -0.3 is 5.32 Å². The van der Waals surface area contributed by atoms with E-state index in [4.69, 9.17) is 0 Å². The lowest BCUT2D eigenvalue weighted by molar-refractivity contribution is -0.123. The highest BCUT2D eigenvalue weighted by molar-refractivity contribution is 5.77. The molecule has 1 amide bonds. The van der Waals surface area contributed by atoms with Crippen molar-refractivity contribution in [2.24, 2.45) is 0 Å². The van der Waals surface area contributed by atoms with Crippen molar-refractivity contribution < 1.29 is 9.18 Å². The quantitative estimate of drug-likeness (QED) is 0.922. The van der Waals surface area contributed by atoms with Crippen molar-refractivity contribution in [1.29, 1.82) is 5.26 Å². The first-order chi connectivity index (χ1) is 11.5. The van der Waals surface area contributed by atoms with Crippen LogP contribution in [0.2, 0.25) is 0 Å². The Balaban J connectivity index is 1.68. The van der Waals surface area contributed by atoms with Gasteiger partial charge in [-0.2, -0.15) is 10.1 Å². The van der Waals surface area contributed by atoms with Gasteiger partial charge in [0.15, 0.2) is 0 Å². The molecule has 0 spiro atoms. The fourth-order valence-electron chi connectivity index (χ4n) is 2.89. The molecular formula is C16H17FN6O. The number of hydrogen-bond acceptors (Lipinski definition) is 5. The number of nitriles is 1. The summed E-state index contributed by atoms with van der Waals surface area (Å²) in [5.74, 6) is -0.302. The maximum absolute atomic E-state index is 13.3. The molecule has 24 heavy (non-hydrogen) atoms. The third kappa shape index (κ3) is 3.25. The lowest BCUT2D eigenvalue weighted by atomic mass is 10.00. The summed E-state index contributed by atoms with van der Waals surface area (Å²) in [6, 6.07) is 6.73. The molecule has 1 heterocycles. The minimum Gasteiger partial charge on any atom is -0.336 e. The molecule has 3 rings (SSSR count). The summed E-state index contributed by atoms with van der Waals surface area (Å²) in [5, 5.41) is 23.9. The van der Waals surface area contributed by atoms with Crippen molar-refractivity contribution in [2.45, 2.75) is 44.7 Å². The molecule has 1 N–H and O–H groups in total. The highest BCUT2D eigenvalue weighted by atomic mass is 19.1. The number of hydrogen-bond donors (Lipinski definition) is 1. The summed E-state index contributed by atoms with van der Waals surface area (Å²) in [7, 11) is 0. The number of aryl methyl sites for hydroxylation is 1. The smallest absolute Gasteiger partial charge is 0.244 e. The summed E-state index contributed by atoms with van der Waals surface area (Å²) in [4.78, 5) is 13.3. The monoisotopic (exact) mass is 328 g/mol. The Hall–Kier alpha value is -2.82. The van der Waals surface area contributed by atoms with Gasteiger partial charge in [0, 0.05) is 5.56 Å². The van der Waals surface area contributed by atoms with E-state index in [2.05, 4.69) is 26.8 Å². The third-order valence-electron chi connectivity index (χ3n) is 4.20. The van der Waals surface area contributed by atoms with Gasteiger partial charge in [-0.05, 0) is 61.6 Å². The molecule has 7 nitrogen and oxygen atoms in total. The highest BCUT2D eigenvalue weighted by Gasteiger charge is 2.35. The maximum atomic E-state index is 13.3. The number of benzene rings is 1. The Bertz CT molecular complexity index is 803. The zero-order valence-corrected chi connectivity index (χ0v) is 13.3. The molecule has 1 aliphatic carbocycles. The van der Waals surface area contributed by atoms with E-state index in [1.54, 1.807) is 19.1 Å². The van der Waals surface area contributed by atoms with E-state index in [0.29, 0.717) is 29.8 Å². The molecule has 0 atom stereocenters. The van der Waals surface area contributed by atoms with Crippen LogP contribution in [0, 0.1) is 24.1 Å². The highest BCUT2D eigenvalue weighted by Crippen LogP contribution is 2.28. The maximum Gasteiger partial charge on any atom is 0.244 e. The van der Waals surface area contributed by atoms with E-state index in [1.165, 1.54) is 10.9 Å². The van der Waals surface area contributed by atoms with Crippen LogP contribution in [0.1, 0.15) is 31.2 Å². The van der Waals surface area contributed by atoms with E-state index in [-0.39, 0.29) is 18.3 Å². The molecule has 8 heteroatoms. The van der Waals surface area contributed by atoms with E-state index >= 15 is 0 Å². The van der Waals surface area contributed by atoms with Crippen LogP contribution in [0.4, 0.5) is 4.39 Å². The molecule has 0 bridgehead atoms. The number of aromatic nitrogens is 4. The van der Waals surface area contributed by atoms with Crippen LogP contribution >= 0.6 is 0 Å². The lowest BCUT2D eigenvalue weighted by Crippen LogP contribution is -2.46. The first kappa shape index (κ1) is 16.1. The number of halogens is 1. The first-order valence-electron chi connectivity index (χ1n) is 7.78. The van der Waals surface area contributed by atoms with Crippen molar-refractivity contribution in [1.82, 2.24) is 25.5 Å². The van der Waals surface area contributed by atoms with Gasteiger partial charge in [0.25, 0.3) is 0 Å². The molecule has 0 unspecified atom stereocenters. The second-order valence-corrected chi connectivity index (χ2v) is 6.06. The number of nitrogens with zero attached hydrogens (tertiary/aromatic N) is 5. The summed E-state index contributed by atoms with van der Waals surface area (Å²) in [6.07, 6.45) is 3.20.